The molecule has 0 aromatic rings. The molecule has 0 radical (unpaired) electrons. The lowest BCUT2D eigenvalue weighted by Crippen LogP contribution is -2.24. The van der Waals surface area contributed by atoms with Crippen molar-refractivity contribution in [2.75, 3.05) is 0 Å². The standard InChI is InChI=1S/C6H13ClOSi/c1-5(7)6(2,3)9(4)8/h5H,1-4H3. The molecular weight excluding hydrogens is 152 g/mol. The quantitative estimate of drug-likeness (QED) is 0.453. The van der Waals surface area contributed by atoms with Crippen molar-refractivity contribution < 1.29 is 4.46 Å². The molecule has 0 aliphatic heterocycles. The molecule has 0 aliphatic rings. The summed E-state index contributed by atoms with van der Waals surface area (Å²) in [6.07, 6.45) is 0. The molecule has 0 aromatic heterocycles. The molecule has 1 unspecified atom stereocenters. The van der Waals surface area contributed by atoms with Crippen molar-refractivity contribution in [3.63, 3.8) is 0 Å². The Balaban J connectivity index is 4.19. The fraction of sp³-hybridized carbons (Fsp3) is 1.00. The lowest BCUT2D eigenvalue weighted by Gasteiger charge is -2.22. The average molecular weight is 165 g/mol. The molecule has 1 nitrogen and oxygen atoms in total. The van der Waals surface area contributed by atoms with Gasteiger partial charge < -0.3 is 4.46 Å². The van der Waals surface area contributed by atoms with Crippen molar-refractivity contribution in [1.29, 1.82) is 0 Å². The van der Waals surface area contributed by atoms with Crippen LogP contribution in [-0.2, 0) is 4.46 Å². The average Bonchev–Trinajstić information content (AvgIpc) is 1.65. The molecule has 0 aliphatic carbocycles. The van der Waals surface area contributed by atoms with E-state index in [1.165, 1.54) is 0 Å². The minimum Gasteiger partial charge on any atom is -0.388 e. The van der Waals surface area contributed by atoms with E-state index in [0.29, 0.717) is 0 Å². The van der Waals surface area contributed by atoms with Gasteiger partial charge in [0.05, 0.1) is 0 Å². The summed E-state index contributed by atoms with van der Waals surface area (Å²) in [7, 11) is -1.49. The molecular formula is C6H13ClOSi. The smallest absolute Gasteiger partial charge is 0.280 e. The summed E-state index contributed by atoms with van der Waals surface area (Å²) in [5.74, 6) is 0. The molecule has 0 fully saturated rings. The Labute approximate surface area is 63.1 Å². The van der Waals surface area contributed by atoms with Crippen LogP contribution in [0.15, 0.2) is 0 Å². The van der Waals surface area contributed by atoms with Crippen LogP contribution in [0.5, 0.6) is 0 Å². The van der Waals surface area contributed by atoms with Crippen molar-refractivity contribution >= 4 is 20.3 Å². The van der Waals surface area contributed by atoms with E-state index in [0.717, 1.165) is 0 Å². The van der Waals surface area contributed by atoms with Crippen LogP contribution in [0, 0.1) is 0 Å². The van der Waals surface area contributed by atoms with Gasteiger partial charge in [-0.3, -0.25) is 0 Å². The number of hydrogen-bond donors (Lipinski definition) is 0. The summed E-state index contributed by atoms with van der Waals surface area (Å²) in [5.41, 5.74) is 0. The third-order valence-corrected chi connectivity index (χ3v) is 4.88. The third kappa shape index (κ3) is 2.18. The van der Waals surface area contributed by atoms with E-state index in [9.17, 15) is 4.46 Å². The summed E-state index contributed by atoms with van der Waals surface area (Å²) >= 11 is 5.79. The highest BCUT2D eigenvalue weighted by atomic mass is 35.5. The lowest BCUT2D eigenvalue weighted by molar-refractivity contribution is 0.513. The molecule has 0 rings (SSSR count). The summed E-state index contributed by atoms with van der Waals surface area (Å²) < 4.78 is 11.0. The maximum atomic E-state index is 11.0. The van der Waals surface area contributed by atoms with Crippen LogP contribution in [0.25, 0.3) is 0 Å². The zero-order valence-corrected chi connectivity index (χ0v) is 8.12. The third-order valence-electron chi connectivity index (χ3n) is 1.90. The molecule has 54 valence electrons. The topological polar surface area (TPSA) is 17.1 Å². The van der Waals surface area contributed by atoms with Crippen LogP contribution in [0.4, 0.5) is 0 Å². The molecule has 0 spiro atoms. The number of hydrogen-bond acceptors (Lipinski definition) is 1. The van der Waals surface area contributed by atoms with Crippen LogP contribution in [0.1, 0.15) is 20.8 Å². The van der Waals surface area contributed by atoms with E-state index in [1.807, 2.05) is 20.8 Å². The second-order valence-corrected chi connectivity index (χ2v) is 5.95. The molecule has 0 saturated heterocycles. The van der Waals surface area contributed by atoms with E-state index in [-0.39, 0.29) is 10.4 Å². The predicted molar refractivity (Wildman–Crippen MR) is 41.7 cm³/mol. The lowest BCUT2D eigenvalue weighted by atomic mass is 10.1. The minimum absolute atomic E-state index is 0.00566. The maximum absolute atomic E-state index is 11.0. The molecule has 3 heteroatoms. The second kappa shape index (κ2) is 2.93. The Hall–Kier alpha value is 0.307. The number of alkyl halides is 1. The summed E-state index contributed by atoms with van der Waals surface area (Å²) in [6, 6.07) is 0. The fourth-order valence-electron chi connectivity index (χ4n) is 0.280. The number of halogens is 1. The van der Waals surface area contributed by atoms with Gasteiger partial charge in [-0.1, -0.05) is 13.8 Å². The Kier molecular flexibility index (Phi) is 3.03. The van der Waals surface area contributed by atoms with Gasteiger partial charge in [0.1, 0.15) is 0 Å². The zero-order valence-electron chi connectivity index (χ0n) is 6.36. The van der Waals surface area contributed by atoms with Gasteiger partial charge in [0, 0.05) is 10.4 Å². The fourth-order valence-corrected chi connectivity index (χ4v) is 1.30. The Bertz CT molecular complexity index is 120. The highest BCUT2D eigenvalue weighted by Gasteiger charge is 2.30. The number of rotatable bonds is 2. The Morgan fingerprint density at radius 1 is 1.56 bits per heavy atom. The molecule has 0 bridgehead atoms. The molecule has 1 atom stereocenters. The van der Waals surface area contributed by atoms with Crippen LogP contribution in [-0.4, -0.2) is 14.1 Å². The zero-order chi connectivity index (χ0) is 7.65. The molecule has 0 amide bonds. The molecule has 0 aromatic carbocycles. The highest BCUT2D eigenvalue weighted by molar-refractivity contribution is 6.47. The Morgan fingerprint density at radius 2 is 1.89 bits per heavy atom. The van der Waals surface area contributed by atoms with Crippen molar-refractivity contribution in [1.82, 2.24) is 0 Å². The van der Waals surface area contributed by atoms with Gasteiger partial charge in [0.25, 0.3) is 8.68 Å². The molecule has 0 saturated carbocycles. The van der Waals surface area contributed by atoms with Gasteiger partial charge in [-0.25, -0.2) is 0 Å². The van der Waals surface area contributed by atoms with Crippen LogP contribution >= 0.6 is 11.6 Å². The highest BCUT2D eigenvalue weighted by Crippen LogP contribution is 2.32. The maximum Gasteiger partial charge on any atom is 0.280 e. The first kappa shape index (κ1) is 9.31. The first-order valence-electron chi connectivity index (χ1n) is 3.04. The van der Waals surface area contributed by atoms with E-state index in [1.54, 1.807) is 6.55 Å². The van der Waals surface area contributed by atoms with Crippen LogP contribution in [0.3, 0.4) is 0 Å². The molecule has 9 heavy (non-hydrogen) atoms. The van der Waals surface area contributed by atoms with Gasteiger partial charge in [0.15, 0.2) is 0 Å². The summed E-state index contributed by atoms with van der Waals surface area (Å²) in [6.45, 7) is 7.51. The van der Waals surface area contributed by atoms with Crippen molar-refractivity contribution in [2.24, 2.45) is 0 Å². The van der Waals surface area contributed by atoms with Crippen molar-refractivity contribution in [2.45, 2.75) is 37.7 Å². The molecule has 0 N–H and O–H groups in total. The van der Waals surface area contributed by atoms with Crippen LogP contribution in [0.2, 0.25) is 11.6 Å². The van der Waals surface area contributed by atoms with E-state index in [4.69, 9.17) is 11.6 Å². The van der Waals surface area contributed by atoms with Crippen LogP contribution < -0.4 is 0 Å². The van der Waals surface area contributed by atoms with E-state index >= 15 is 0 Å². The first-order valence-corrected chi connectivity index (χ1v) is 5.38. The van der Waals surface area contributed by atoms with Gasteiger partial charge in [-0.15, -0.1) is 11.6 Å². The second-order valence-electron chi connectivity index (χ2n) is 2.89. The Morgan fingerprint density at radius 3 is 1.89 bits per heavy atom. The predicted octanol–water partition coefficient (Wildman–Crippen LogP) is 2.45. The van der Waals surface area contributed by atoms with E-state index in [2.05, 4.69) is 0 Å². The summed E-state index contributed by atoms with van der Waals surface area (Å²) in [5, 5.41) is -0.194. The van der Waals surface area contributed by atoms with Gasteiger partial charge >= 0.3 is 0 Å². The van der Waals surface area contributed by atoms with Crippen molar-refractivity contribution in [3.8, 4) is 0 Å². The summed E-state index contributed by atoms with van der Waals surface area (Å²) in [4.78, 5) is 0. The van der Waals surface area contributed by atoms with E-state index < -0.39 is 8.68 Å². The monoisotopic (exact) mass is 164 g/mol. The van der Waals surface area contributed by atoms with Gasteiger partial charge in [-0.05, 0) is 13.5 Å². The van der Waals surface area contributed by atoms with Gasteiger partial charge in [0.2, 0.25) is 0 Å². The van der Waals surface area contributed by atoms with Crippen molar-refractivity contribution in [3.05, 3.63) is 0 Å². The largest absolute Gasteiger partial charge is 0.388 e. The first-order chi connectivity index (χ1) is 3.89. The SMILES string of the molecule is CC(Cl)C(C)(C)[Si](C)=O. The van der Waals surface area contributed by atoms with Gasteiger partial charge in [-0.2, -0.15) is 0 Å². The minimum atomic E-state index is -1.49. The molecule has 0 heterocycles. The normalized spacial score (nSPS) is 15.2.